The molecule has 2 unspecified atom stereocenters. The Bertz CT molecular complexity index is 287. The van der Waals surface area contributed by atoms with Gasteiger partial charge in [0.25, 0.3) is 0 Å². The molecule has 2 aliphatic rings. The summed E-state index contributed by atoms with van der Waals surface area (Å²) >= 11 is 6.78. The van der Waals surface area contributed by atoms with Crippen molar-refractivity contribution < 1.29 is 4.74 Å². The van der Waals surface area contributed by atoms with E-state index in [2.05, 4.69) is 16.9 Å². The molecule has 1 saturated heterocycles. The van der Waals surface area contributed by atoms with E-state index in [-0.39, 0.29) is 11.0 Å². The van der Waals surface area contributed by atoms with E-state index < -0.39 is 0 Å². The molecule has 0 radical (unpaired) electrons. The Morgan fingerprint density at radius 2 is 2.53 bits per heavy atom. The Labute approximate surface area is 99.4 Å². The number of hydrogen-bond acceptors (Lipinski definition) is 6. The van der Waals surface area contributed by atoms with Gasteiger partial charge >= 0.3 is 0 Å². The second-order valence-corrected chi connectivity index (χ2v) is 5.30. The van der Waals surface area contributed by atoms with Crippen molar-refractivity contribution in [2.24, 2.45) is 5.73 Å². The topological polar surface area (TPSA) is 41.7 Å². The van der Waals surface area contributed by atoms with Crippen LogP contribution in [0.5, 0.6) is 0 Å². The Hall–Kier alpha value is -0.140. The van der Waals surface area contributed by atoms with E-state index in [1.165, 1.54) is 0 Å². The van der Waals surface area contributed by atoms with Crippen LogP contribution in [-0.2, 0) is 4.74 Å². The number of rotatable bonds is 2. The van der Waals surface area contributed by atoms with Gasteiger partial charge in [-0.3, -0.25) is 5.01 Å². The maximum Gasteiger partial charge on any atom is 0.130 e. The molecule has 2 aliphatic heterocycles. The molecule has 2 heterocycles. The van der Waals surface area contributed by atoms with E-state index in [1.807, 2.05) is 11.6 Å². The van der Waals surface area contributed by atoms with Crippen LogP contribution < -0.4 is 5.73 Å². The highest BCUT2D eigenvalue weighted by Crippen LogP contribution is 2.36. The molecular weight excluding hydrogens is 230 g/mol. The number of hydrazine groups is 1. The summed E-state index contributed by atoms with van der Waals surface area (Å²) in [7, 11) is 0. The Morgan fingerprint density at radius 1 is 1.73 bits per heavy atom. The number of nitrogens with two attached hydrogens (primary N) is 1. The summed E-state index contributed by atoms with van der Waals surface area (Å²) in [5.74, 6) is 0. The minimum atomic E-state index is -0.190. The molecule has 0 aromatic rings. The number of nitrogens with zero attached hydrogens (tertiary/aromatic N) is 2. The normalized spacial score (nSPS) is 37.2. The molecular formula is C9H15N3OS2. The minimum Gasteiger partial charge on any atom is -0.377 e. The lowest BCUT2D eigenvalue weighted by molar-refractivity contribution is -0.111. The van der Waals surface area contributed by atoms with Crippen LogP contribution in [0.2, 0.25) is 0 Å². The van der Waals surface area contributed by atoms with Gasteiger partial charge in [0.1, 0.15) is 4.87 Å². The van der Waals surface area contributed by atoms with E-state index in [9.17, 15) is 0 Å². The summed E-state index contributed by atoms with van der Waals surface area (Å²) in [6.45, 7) is 4.19. The summed E-state index contributed by atoms with van der Waals surface area (Å²) in [5, 5.41) is 8.05. The third-order valence-electron chi connectivity index (χ3n) is 2.60. The van der Waals surface area contributed by atoms with Crippen molar-refractivity contribution in [1.29, 1.82) is 0 Å². The average molecular weight is 245 g/mol. The van der Waals surface area contributed by atoms with Crippen LogP contribution in [0, 0.1) is 0 Å². The van der Waals surface area contributed by atoms with Crippen LogP contribution in [0.15, 0.2) is 11.6 Å². The Morgan fingerprint density at radius 3 is 3.20 bits per heavy atom. The summed E-state index contributed by atoms with van der Waals surface area (Å²) in [6, 6.07) is 0. The zero-order valence-corrected chi connectivity index (χ0v) is 10.3. The van der Waals surface area contributed by atoms with Crippen LogP contribution in [0.3, 0.4) is 0 Å². The first-order valence-corrected chi connectivity index (χ1v) is 6.22. The first kappa shape index (κ1) is 11.3. The molecule has 1 fully saturated rings. The Kier molecular flexibility index (Phi) is 3.32. The molecule has 0 bridgehead atoms. The lowest BCUT2D eigenvalue weighted by atomic mass is 10.3. The first-order valence-electron chi connectivity index (χ1n) is 4.87. The fraction of sp³-hybridized carbons (Fsp3) is 0.667. The van der Waals surface area contributed by atoms with Gasteiger partial charge in [0.15, 0.2) is 0 Å². The average Bonchev–Trinajstić information content (AvgIpc) is 2.62. The standard InChI is InChI=1S/C9H15N3OS2/c1-9(7-14)12(3-5-15-9)11-2-4-13-6-8(11)10/h3,5,7-8H,2,4,6,10H2,1H3. The molecule has 0 aromatic heterocycles. The van der Waals surface area contributed by atoms with Gasteiger partial charge in [-0.25, -0.2) is 0 Å². The largest absolute Gasteiger partial charge is 0.377 e. The van der Waals surface area contributed by atoms with Gasteiger partial charge in [-0.1, -0.05) is 24.0 Å². The van der Waals surface area contributed by atoms with E-state index in [4.69, 9.17) is 22.7 Å². The van der Waals surface area contributed by atoms with Gasteiger partial charge in [0, 0.05) is 18.1 Å². The van der Waals surface area contributed by atoms with Crippen LogP contribution in [0.25, 0.3) is 0 Å². The molecule has 2 N–H and O–H groups in total. The highest BCUT2D eigenvalue weighted by molar-refractivity contribution is 8.05. The fourth-order valence-corrected chi connectivity index (χ4v) is 2.79. The molecule has 0 aromatic carbocycles. The smallest absolute Gasteiger partial charge is 0.130 e. The van der Waals surface area contributed by atoms with E-state index in [1.54, 1.807) is 17.1 Å². The van der Waals surface area contributed by atoms with Crippen molar-refractivity contribution in [3.8, 4) is 0 Å². The van der Waals surface area contributed by atoms with Crippen LogP contribution in [0.4, 0.5) is 0 Å². The van der Waals surface area contributed by atoms with Crippen LogP contribution in [0.1, 0.15) is 6.92 Å². The van der Waals surface area contributed by atoms with Gasteiger partial charge in [0.2, 0.25) is 0 Å². The lowest BCUT2D eigenvalue weighted by Gasteiger charge is -2.45. The van der Waals surface area contributed by atoms with Crippen molar-refractivity contribution in [2.75, 3.05) is 19.8 Å². The molecule has 6 heteroatoms. The van der Waals surface area contributed by atoms with Gasteiger partial charge < -0.3 is 10.5 Å². The van der Waals surface area contributed by atoms with Crippen molar-refractivity contribution in [1.82, 2.24) is 10.0 Å². The summed E-state index contributed by atoms with van der Waals surface area (Å²) < 4.78 is 5.31. The number of morpholine rings is 1. The number of thiocarbonyl (C=S) groups is 1. The monoisotopic (exact) mass is 245 g/mol. The molecule has 84 valence electrons. The second kappa shape index (κ2) is 4.39. The molecule has 0 spiro atoms. The van der Waals surface area contributed by atoms with Crippen LogP contribution in [-0.4, -0.2) is 46.2 Å². The first-order chi connectivity index (χ1) is 7.17. The fourth-order valence-electron chi connectivity index (χ4n) is 1.73. The highest BCUT2D eigenvalue weighted by atomic mass is 32.2. The zero-order chi connectivity index (χ0) is 10.9. The van der Waals surface area contributed by atoms with Crippen molar-refractivity contribution in [3.63, 3.8) is 0 Å². The molecule has 0 amide bonds. The molecule has 0 saturated carbocycles. The molecule has 4 nitrogen and oxygen atoms in total. The Balaban J connectivity index is 2.14. The summed E-state index contributed by atoms with van der Waals surface area (Å²) in [6.07, 6.45) is 1.94. The highest BCUT2D eigenvalue weighted by Gasteiger charge is 2.38. The summed E-state index contributed by atoms with van der Waals surface area (Å²) in [4.78, 5) is -0.190. The second-order valence-electron chi connectivity index (χ2n) is 3.73. The minimum absolute atomic E-state index is 0.0867. The van der Waals surface area contributed by atoms with Gasteiger partial charge in [-0.05, 0) is 12.3 Å². The van der Waals surface area contributed by atoms with Gasteiger partial charge in [-0.2, -0.15) is 5.01 Å². The molecule has 2 atom stereocenters. The predicted octanol–water partition coefficient (Wildman–Crippen LogP) is 0.754. The number of ether oxygens (including phenoxy) is 1. The lowest BCUT2D eigenvalue weighted by Crippen LogP contribution is -2.61. The molecule has 0 aliphatic carbocycles. The number of thioether (sulfide) groups is 1. The number of hydrogen-bond donors (Lipinski definition) is 1. The quantitative estimate of drug-likeness (QED) is 0.724. The van der Waals surface area contributed by atoms with Gasteiger partial charge in [0.05, 0.1) is 19.4 Å². The van der Waals surface area contributed by atoms with Gasteiger partial charge in [-0.15, -0.1) is 0 Å². The zero-order valence-electron chi connectivity index (χ0n) is 8.63. The van der Waals surface area contributed by atoms with Crippen molar-refractivity contribution >= 4 is 29.3 Å². The van der Waals surface area contributed by atoms with E-state index in [0.717, 1.165) is 13.2 Å². The maximum atomic E-state index is 6.00. The van der Waals surface area contributed by atoms with E-state index >= 15 is 0 Å². The van der Waals surface area contributed by atoms with Crippen molar-refractivity contribution in [3.05, 3.63) is 11.6 Å². The summed E-state index contributed by atoms with van der Waals surface area (Å²) in [5.41, 5.74) is 6.00. The maximum absolute atomic E-state index is 6.00. The van der Waals surface area contributed by atoms with Crippen molar-refractivity contribution in [2.45, 2.75) is 18.0 Å². The predicted molar refractivity (Wildman–Crippen MR) is 66.1 cm³/mol. The molecule has 15 heavy (non-hydrogen) atoms. The third kappa shape index (κ3) is 2.05. The van der Waals surface area contributed by atoms with Crippen LogP contribution >= 0.6 is 24.0 Å². The third-order valence-corrected chi connectivity index (χ3v) is 4.24. The molecule has 2 rings (SSSR count). The SMILES string of the molecule is CC1(C=S)SC=CN1N1CCOCC1N. The van der Waals surface area contributed by atoms with E-state index in [0.29, 0.717) is 6.61 Å².